The van der Waals surface area contributed by atoms with Crippen LogP contribution in [0.15, 0.2) is 12.3 Å². The predicted octanol–water partition coefficient (Wildman–Crippen LogP) is 0.919. The monoisotopic (exact) mass is 248 g/mol. The number of hydrogen-bond donors (Lipinski definition) is 2. The topological polar surface area (TPSA) is 80.9 Å². The molecule has 18 heavy (non-hydrogen) atoms. The maximum absolute atomic E-state index is 12.0. The number of aromatic nitrogens is 2. The van der Waals surface area contributed by atoms with Gasteiger partial charge in [0.15, 0.2) is 0 Å². The van der Waals surface area contributed by atoms with Crippen molar-refractivity contribution in [3.63, 3.8) is 0 Å². The second-order valence-electron chi connectivity index (χ2n) is 4.87. The summed E-state index contributed by atoms with van der Waals surface area (Å²) in [7, 11) is 0. The van der Waals surface area contributed by atoms with Gasteiger partial charge in [-0.3, -0.25) is 4.79 Å². The Bertz CT molecular complexity index is 421. The van der Waals surface area contributed by atoms with Crippen LogP contribution >= 0.6 is 0 Å². The molecule has 0 radical (unpaired) electrons. The Labute approximate surface area is 107 Å². The molecule has 1 aliphatic rings. The third-order valence-corrected chi connectivity index (χ3v) is 3.43. The molecule has 1 heterocycles. The number of nitrogens with two attached hydrogens (primary N) is 1. The summed E-state index contributed by atoms with van der Waals surface area (Å²) in [5.41, 5.74) is 6.82. The summed E-state index contributed by atoms with van der Waals surface area (Å²) < 4.78 is 0. The zero-order valence-corrected chi connectivity index (χ0v) is 10.7. The lowest BCUT2D eigenvalue weighted by Gasteiger charge is -2.27. The molecule has 0 aliphatic heterocycles. The van der Waals surface area contributed by atoms with Gasteiger partial charge in [0.2, 0.25) is 5.91 Å². The Hall–Kier alpha value is -1.49. The summed E-state index contributed by atoms with van der Waals surface area (Å²) >= 11 is 0. The number of hydrogen-bond acceptors (Lipinski definition) is 4. The van der Waals surface area contributed by atoms with Gasteiger partial charge in [-0.2, -0.15) is 0 Å². The van der Waals surface area contributed by atoms with Gasteiger partial charge < -0.3 is 11.1 Å². The van der Waals surface area contributed by atoms with Gasteiger partial charge >= 0.3 is 0 Å². The Kier molecular flexibility index (Phi) is 4.25. The molecule has 2 rings (SSSR count). The first-order chi connectivity index (χ1) is 8.66. The summed E-state index contributed by atoms with van der Waals surface area (Å²) in [5.74, 6) is 0.733. The number of nitrogens with one attached hydrogen (secondary N) is 1. The minimum Gasteiger partial charge on any atom is -0.350 e. The number of carbonyl (C=O) groups is 1. The van der Waals surface area contributed by atoms with Crippen LogP contribution in [-0.2, 0) is 11.3 Å². The Balaban J connectivity index is 1.88. The molecule has 98 valence electrons. The van der Waals surface area contributed by atoms with E-state index in [1.807, 2.05) is 13.0 Å². The Morgan fingerprint density at radius 2 is 2.28 bits per heavy atom. The van der Waals surface area contributed by atoms with Crippen LogP contribution in [0.4, 0.5) is 0 Å². The van der Waals surface area contributed by atoms with Crippen molar-refractivity contribution in [2.45, 2.75) is 45.2 Å². The lowest BCUT2D eigenvalue weighted by molar-refractivity contribution is -0.126. The smallest absolute Gasteiger partial charge is 0.224 e. The lowest BCUT2D eigenvalue weighted by Crippen LogP contribution is -2.43. The van der Waals surface area contributed by atoms with Crippen molar-refractivity contribution in [2.75, 3.05) is 0 Å². The van der Waals surface area contributed by atoms with Gasteiger partial charge in [-0.05, 0) is 25.8 Å². The molecule has 5 heteroatoms. The third kappa shape index (κ3) is 3.26. The van der Waals surface area contributed by atoms with E-state index >= 15 is 0 Å². The molecule has 1 aromatic heterocycles. The molecule has 2 atom stereocenters. The van der Waals surface area contributed by atoms with E-state index in [-0.39, 0.29) is 17.9 Å². The SMILES string of the molecule is Cc1nccc(CNC(=O)C2CCCCC2N)n1. The van der Waals surface area contributed by atoms with Crippen LogP contribution in [0.3, 0.4) is 0 Å². The van der Waals surface area contributed by atoms with Crippen LogP contribution in [0, 0.1) is 12.8 Å². The highest BCUT2D eigenvalue weighted by Gasteiger charge is 2.27. The van der Waals surface area contributed by atoms with Crippen LogP contribution in [0.1, 0.15) is 37.2 Å². The van der Waals surface area contributed by atoms with E-state index in [2.05, 4.69) is 15.3 Å². The van der Waals surface area contributed by atoms with Gasteiger partial charge in [-0.15, -0.1) is 0 Å². The number of carbonyl (C=O) groups excluding carboxylic acids is 1. The van der Waals surface area contributed by atoms with E-state index in [4.69, 9.17) is 5.73 Å². The van der Waals surface area contributed by atoms with Gasteiger partial charge in [-0.1, -0.05) is 12.8 Å². The summed E-state index contributed by atoms with van der Waals surface area (Å²) in [6.07, 6.45) is 5.78. The Morgan fingerprint density at radius 3 is 3.00 bits per heavy atom. The van der Waals surface area contributed by atoms with Crippen LogP contribution in [0.2, 0.25) is 0 Å². The first kappa shape index (κ1) is 13.0. The molecule has 1 fully saturated rings. The summed E-state index contributed by atoms with van der Waals surface area (Å²) in [6, 6.07) is 1.82. The molecule has 0 aromatic carbocycles. The number of amides is 1. The standard InChI is InChI=1S/C13H20N4O/c1-9-15-7-6-10(17-9)8-16-13(18)11-4-2-3-5-12(11)14/h6-7,11-12H,2-5,8,14H2,1H3,(H,16,18). The summed E-state index contributed by atoms with van der Waals surface area (Å²) in [5, 5.41) is 2.92. The van der Waals surface area contributed by atoms with Gasteiger partial charge in [0.05, 0.1) is 18.2 Å². The molecular weight excluding hydrogens is 228 g/mol. The highest BCUT2D eigenvalue weighted by Crippen LogP contribution is 2.22. The molecule has 0 saturated heterocycles. The van der Waals surface area contributed by atoms with E-state index in [1.165, 1.54) is 0 Å². The molecule has 2 unspecified atom stereocenters. The van der Waals surface area contributed by atoms with Crippen LogP contribution in [0.25, 0.3) is 0 Å². The largest absolute Gasteiger partial charge is 0.350 e. The molecule has 1 aliphatic carbocycles. The highest BCUT2D eigenvalue weighted by atomic mass is 16.1. The molecular formula is C13H20N4O. The van der Waals surface area contributed by atoms with Gasteiger partial charge in [-0.25, -0.2) is 9.97 Å². The van der Waals surface area contributed by atoms with Crippen molar-refractivity contribution in [1.29, 1.82) is 0 Å². The van der Waals surface area contributed by atoms with E-state index in [1.54, 1.807) is 6.20 Å². The van der Waals surface area contributed by atoms with Gasteiger partial charge in [0.1, 0.15) is 5.82 Å². The quantitative estimate of drug-likeness (QED) is 0.833. The highest BCUT2D eigenvalue weighted by molar-refractivity contribution is 5.79. The molecule has 0 bridgehead atoms. The minimum absolute atomic E-state index is 0.00545. The number of aryl methyl sites for hydroxylation is 1. The summed E-state index contributed by atoms with van der Waals surface area (Å²) in [4.78, 5) is 20.3. The first-order valence-corrected chi connectivity index (χ1v) is 6.48. The molecule has 1 saturated carbocycles. The van der Waals surface area contributed by atoms with Crippen molar-refractivity contribution < 1.29 is 4.79 Å². The molecule has 0 spiro atoms. The van der Waals surface area contributed by atoms with Crippen LogP contribution in [0.5, 0.6) is 0 Å². The average molecular weight is 248 g/mol. The second-order valence-corrected chi connectivity index (χ2v) is 4.87. The minimum atomic E-state index is -0.0401. The van der Waals surface area contributed by atoms with Crippen LogP contribution < -0.4 is 11.1 Å². The van der Waals surface area contributed by atoms with Crippen molar-refractivity contribution in [3.8, 4) is 0 Å². The van der Waals surface area contributed by atoms with Crippen molar-refractivity contribution in [2.24, 2.45) is 11.7 Å². The van der Waals surface area contributed by atoms with Crippen LogP contribution in [-0.4, -0.2) is 21.9 Å². The van der Waals surface area contributed by atoms with Gasteiger partial charge in [0.25, 0.3) is 0 Å². The maximum atomic E-state index is 12.0. The second kappa shape index (κ2) is 5.91. The molecule has 5 nitrogen and oxygen atoms in total. The number of nitrogens with zero attached hydrogens (tertiary/aromatic N) is 2. The van der Waals surface area contributed by atoms with Crippen molar-refractivity contribution >= 4 is 5.91 Å². The maximum Gasteiger partial charge on any atom is 0.224 e. The fourth-order valence-electron chi connectivity index (χ4n) is 2.40. The van der Waals surface area contributed by atoms with E-state index in [0.717, 1.165) is 37.2 Å². The first-order valence-electron chi connectivity index (χ1n) is 6.48. The number of rotatable bonds is 3. The van der Waals surface area contributed by atoms with E-state index in [0.29, 0.717) is 6.54 Å². The zero-order chi connectivity index (χ0) is 13.0. The summed E-state index contributed by atoms with van der Waals surface area (Å²) in [6.45, 7) is 2.29. The van der Waals surface area contributed by atoms with E-state index in [9.17, 15) is 4.79 Å². The lowest BCUT2D eigenvalue weighted by atomic mass is 9.84. The van der Waals surface area contributed by atoms with Gasteiger partial charge in [0, 0.05) is 12.2 Å². The molecule has 3 N–H and O–H groups in total. The third-order valence-electron chi connectivity index (χ3n) is 3.43. The zero-order valence-electron chi connectivity index (χ0n) is 10.7. The molecule has 1 aromatic rings. The normalized spacial score (nSPS) is 23.7. The van der Waals surface area contributed by atoms with Crippen molar-refractivity contribution in [1.82, 2.24) is 15.3 Å². The van der Waals surface area contributed by atoms with E-state index < -0.39 is 0 Å². The fourth-order valence-corrected chi connectivity index (χ4v) is 2.40. The fraction of sp³-hybridized carbons (Fsp3) is 0.615. The predicted molar refractivity (Wildman–Crippen MR) is 68.5 cm³/mol. The Morgan fingerprint density at radius 1 is 1.50 bits per heavy atom. The van der Waals surface area contributed by atoms with Crippen molar-refractivity contribution in [3.05, 3.63) is 23.8 Å². The molecule has 1 amide bonds. The average Bonchev–Trinajstić information content (AvgIpc) is 2.37.